The van der Waals surface area contributed by atoms with Crippen LogP contribution in [0.2, 0.25) is 0 Å². The van der Waals surface area contributed by atoms with Gasteiger partial charge in [0.15, 0.2) is 0 Å². The molecular formula is C8H8FN. The number of pyridine rings is 1. The molecule has 1 nitrogen and oxygen atoms in total. The van der Waals surface area contributed by atoms with Crippen molar-refractivity contribution < 1.29 is 4.39 Å². The number of hydrogen-bond donors (Lipinski definition) is 0. The summed E-state index contributed by atoms with van der Waals surface area (Å²) in [6.45, 7) is 1.87. The summed E-state index contributed by atoms with van der Waals surface area (Å²) >= 11 is 0. The molecule has 1 aromatic heterocycles. The Hall–Kier alpha value is -1.18. The Labute approximate surface area is 59.2 Å². The van der Waals surface area contributed by atoms with E-state index in [2.05, 4.69) is 4.98 Å². The van der Waals surface area contributed by atoms with Crippen molar-refractivity contribution in [2.75, 3.05) is 0 Å². The number of allylic oxidation sites excluding steroid dienone is 1. The van der Waals surface area contributed by atoms with Gasteiger partial charge < -0.3 is 0 Å². The van der Waals surface area contributed by atoms with Gasteiger partial charge >= 0.3 is 0 Å². The SMILES string of the molecule is C/C=C/c1cccc(F)n1. The highest BCUT2D eigenvalue weighted by Gasteiger charge is 1.89. The van der Waals surface area contributed by atoms with E-state index < -0.39 is 5.95 Å². The van der Waals surface area contributed by atoms with Gasteiger partial charge in [0.2, 0.25) is 5.95 Å². The minimum Gasteiger partial charge on any atom is -0.220 e. The van der Waals surface area contributed by atoms with Crippen LogP contribution < -0.4 is 0 Å². The molecule has 0 aliphatic rings. The van der Waals surface area contributed by atoms with Crippen LogP contribution in [0, 0.1) is 5.95 Å². The van der Waals surface area contributed by atoms with Crippen LogP contribution in [0.3, 0.4) is 0 Å². The summed E-state index contributed by atoms with van der Waals surface area (Å²) in [5.41, 5.74) is 0.655. The van der Waals surface area contributed by atoms with Crippen molar-refractivity contribution in [3.63, 3.8) is 0 Å². The van der Waals surface area contributed by atoms with Crippen molar-refractivity contribution in [3.8, 4) is 0 Å². The number of nitrogens with zero attached hydrogens (tertiary/aromatic N) is 1. The third kappa shape index (κ3) is 1.65. The van der Waals surface area contributed by atoms with Crippen molar-refractivity contribution in [2.45, 2.75) is 6.92 Å². The van der Waals surface area contributed by atoms with E-state index in [-0.39, 0.29) is 0 Å². The Kier molecular flexibility index (Phi) is 2.15. The van der Waals surface area contributed by atoms with Crippen LogP contribution in [0.1, 0.15) is 12.6 Å². The van der Waals surface area contributed by atoms with Crippen LogP contribution in [0.15, 0.2) is 24.3 Å². The lowest BCUT2D eigenvalue weighted by atomic mass is 10.3. The van der Waals surface area contributed by atoms with Gasteiger partial charge in [-0.2, -0.15) is 4.39 Å². The minimum absolute atomic E-state index is 0.435. The van der Waals surface area contributed by atoms with Crippen molar-refractivity contribution in [2.24, 2.45) is 0 Å². The third-order valence-electron chi connectivity index (χ3n) is 1.07. The first-order valence-electron chi connectivity index (χ1n) is 3.08. The molecule has 0 amide bonds. The molecule has 0 aliphatic carbocycles. The van der Waals surface area contributed by atoms with Gasteiger partial charge in [0, 0.05) is 0 Å². The Balaban J connectivity index is 2.95. The molecule has 10 heavy (non-hydrogen) atoms. The molecule has 52 valence electrons. The number of rotatable bonds is 1. The highest BCUT2D eigenvalue weighted by Crippen LogP contribution is 1.98. The fourth-order valence-electron chi connectivity index (χ4n) is 0.688. The molecule has 1 heterocycles. The van der Waals surface area contributed by atoms with Crippen LogP contribution in [0.4, 0.5) is 4.39 Å². The second kappa shape index (κ2) is 3.11. The maximum absolute atomic E-state index is 12.3. The molecular weight excluding hydrogens is 129 g/mol. The smallest absolute Gasteiger partial charge is 0.213 e. The zero-order valence-corrected chi connectivity index (χ0v) is 5.71. The Morgan fingerprint density at radius 1 is 1.50 bits per heavy atom. The fourth-order valence-corrected chi connectivity index (χ4v) is 0.688. The first-order valence-corrected chi connectivity index (χ1v) is 3.08. The molecule has 0 radical (unpaired) electrons. The summed E-state index contributed by atoms with van der Waals surface area (Å²) < 4.78 is 12.3. The average molecular weight is 137 g/mol. The largest absolute Gasteiger partial charge is 0.220 e. The van der Waals surface area contributed by atoms with Crippen molar-refractivity contribution >= 4 is 6.08 Å². The van der Waals surface area contributed by atoms with E-state index in [0.29, 0.717) is 5.69 Å². The van der Waals surface area contributed by atoms with E-state index in [4.69, 9.17) is 0 Å². The molecule has 1 aromatic rings. The first-order chi connectivity index (χ1) is 4.83. The molecule has 0 N–H and O–H groups in total. The zero-order chi connectivity index (χ0) is 7.40. The molecule has 0 bridgehead atoms. The van der Waals surface area contributed by atoms with Gasteiger partial charge in [0.1, 0.15) is 0 Å². The van der Waals surface area contributed by atoms with Crippen molar-refractivity contribution in [3.05, 3.63) is 35.9 Å². The second-order valence-corrected chi connectivity index (χ2v) is 1.89. The van der Waals surface area contributed by atoms with Crippen LogP contribution in [0.25, 0.3) is 6.08 Å². The Bertz CT molecular complexity index is 243. The zero-order valence-electron chi connectivity index (χ0n) is 5.71. The van der Waals surface area contributed by atoms with Crippen LogP contribution in [-0.4, -0.2) is 4.98 Å². The predicted molar refractivity (Wildman–Crippen MR) is 38.9 cm³/mol. The quantitative estimate of drug-likeness (QED) is 0.541. The summed E-state index contributed by atoms with van der Waals surface area (Å²) in [6.07, 6.45) is 3.57. The highest BCUT2D eigenvalue weighted by atomic mass is 19.1. The monoisotopic (exact) mass is 137 g/mol. The van der Waals surface area contributed by atoms with Crippen molar-refractivity contribution in [1.82, 2.24) is 4.98 Å². The maximum atomic E-state index is 12.3. The number of halogens is 1. The van der Waals surface area contributed by atoms with E-state index >= 15 is 0 Å². The minimum atomic E-state index is -0.435. The first kappa shape index (κ1) is 6.93. The van der Waals surface area contributed by atoms with Gasteiger partial charge in [0.25, 0.3) is 0 Å². The summed E-state index contributed by atoms with van der Waals surface area (Å²) in [5.74, 6) is -0.435. The van der Waals surface area contributed by atoms with Gasteiger partial charge in [-0.05, 0) is 25.1 Å². The lowest BCUT2D eigenvalue weighted by Crippen LogP contribution is -1.83. The number of aromatic nitrogens is 1. The molecule has 0 saturated heterocycles. The summed E-state index contributed by atoms with van der Waals surface area (Å²) in [6, 6.07) is 4.72. The van der Waals surface area contributed by atoms with E-state index in [1.54, 1.807) is 18.2 Å². The van der Waals surface area contributed by atoms with E-state index in [9.17, 15) is 4.39 Å². The van der Waals surface area contributed by atoms with Gasteiger partial charge in [-0.15, -0.1) is 0 Å². The molecule has 0 atom stereocenters. The maximum Gasteiger partial charge on any atom is 0.213 e. The lowest BCUT2D eigenvalue weighted by molar-refractivity contribution is 0.583. The van der Waals surface area contributed by atoms with Gasteiger partial charge in [0.05, 0.1) is 5.69 Å². The van der Waals surface area contributed by atoms with Gasteiger partial charge in [-0.3, -0.25) is 0 Å². The summed E-state index contributed by atoms with van der Waals surface area (Å²) in [7, 11) is 0. The fraction of sp³-hybridized carbons (Fsp3) is 0.125. The standard InChI is InChI=1S/C8H8FN/c1-2-4-7-5-3-6-8(9)10-7/h2-6H,1H3/b4-2+. The highest BCUT2D eigenvalue weighted by molar-refractivity contribution is 5.43. The van der Waals surface area contributed by atoms with Crippen LogP contribution in [0.5, 0.6) is 0 Å². The molecule has 2 heteroatoms. The Morgan fingerprint density at radius 3 is 2.90 bits per heavy atom. The molecule has 0 unspecified atom stereocenters. The molecule has 0 fully saturated rings. The van der Waals surface area contributed by atoms with Crippen LogP contribution >= 0.6 is 0 Å². The molecule has 0 spiro atoms. The molecule has 1 rings (SSSR count). The van der Waals surface area contributed by atoms with Gasteiger partial charge in [-0.25, -0.2) is 4.98 Å². The number of hydrogen-bond acceptors (Lipinski definition) is 1. The molecule has 0 aromatic carbocycles. The average Bonchev–Trinajstić information content (AvgIpc) is 1.88. The molecule has 0 aliphatic heterocycles. The van der Waals surface area contributed by atoms with Crippen molar-refractivity contribution in [1.29, 1.82) is 0 Å². The third-order valence-corrected chi connectivity index (χ3v) is 1.07. The Morgan fingerprint density at radius 2 is 2.30 bits per heavy atom. The molecule has 0 saturated carbocycles. The van der Waals surface area contributed by atoms with E-state index in [1.165, 1.54) is 6.07 Å². The predicted octanol–water partition coefficient (Wildman–Crippen LogP) is 2.25. The topological polar surface area (TPSA) is 12.9 Å². The normalized spacial score (nSPS) is 10.6. The van der Waals surface area contributed by atoms with Gasteiger partial charge in [-0.1, -0.05) is 12.1 Å². The summed E-state index contributed by atoms with van der Waals surface area (Å²) in [4.78, 5) is 3.61. The van der Waals surface area contributed by atoms with Crippen LogP contribution in [-0.2, 0) is 0 Å². The van der Waals surface area contributed by atoms with E-state index in [1.807, 2.05) is 13.0 Å². The lowest BCUT2D eigenvalue weighted by Gasteiger charge is -1.89. The van der Waals surface area contributed by atoms with E-state index in [0.717, 1.165) is 0 Å². The summed E-state index contributed by atoms with van der Waals surface area (Å²) in [5, 5.41) is 0. The second-order valence-electron chi connectivity index (χ2n) is 1.89.